The van der Waals surface area contributed by atoms with Gasteiger partial charge in [-0.1, -0.05) is 0 Å². The minimum Gasteiger partial charge on any atom is -0.370 e. The molecule has 2 rings (SSSR count). The van der Waals surface area contributed by atoms with E-state index in [9.17, 15) is 0 Å². The highest BCUT2D eigenvalue weighted by Gasteiger charge is 2.27. The lowest BCUT2D eigenvalue weighted by molar-refractivity contribution is 0.405. The molecule has 1 heterocycles. The van der Waals surface area contributed by atoms with Gasteiger partial charge in [0.25, 0.3) is 0 Å². The molecule has 0 unspecified atom stereocenters. The molecule has 0 amide bonds. The number of anilines is 1. The van der Waals surface area contributed by atoms with E-state index in [0.717, 1.165) is 25.3 Å². The SMILES string of the molecule is CN(C)CCCNc1nc(Cl)ncc1C1CC1. The molecule has 1 N–H and O–H groups in total. The molecule has 0 aliphatic heterocycles. The Balaban J connectivity index is 1.91. The van der Waals surface area contributed by atoms with Crippen LogP contribution in [-0.4, -0.2) is 42.1 Å². The minimum absolute atomic E-state index is 0.324. The Morgan fingerprint density at radius 2 is 2.24 bits per heavy atom. The Morgan fingerprint density at radius 1 is 1.47 bits per heavy atom. The molecule has 4 nitrogen and oxygen atoms in total. The molecule has 0 aromatic carbocycles. The fourth-order valence-electron chi connectivity index (χ4n) is 1.81. The highest BCUT2D eigenvalue weighted by molar-refractivity contribution is 6.28. The van der Waals surface area contributed by atoms with Gasteiger partial charge in [0, 0.05) is 18.3 Å². The van der Waals surface area contributed by atoms with E-state index in [0.29, 0.717) is 11.2 Å². The molecule has 1 aromatic rings. The predicted molar refractivity (Wildman–Crippen MR) is 70.7 cm³/mol. The molecule has 0 bridgehead atoms. The zero-order chi connectivity index (χ0) is 12.3. The summed E-state index contributed by atoms with van der Waals surface area (Å²) in [5, 5.41) is 3.69. The second-order valence-electron chi connectivity index (χ2n) is 4.80. The maximum Gasteiger partial charge on any atom is 0.224 e. The summed E-state index contributed by atoms with van der Waals surface area (Å²) in [6.45, 7) is 2.00. The van der Waals surface area contributed by atoms with Crippen LogP contribution in [0.4, 0.5) is 5.82 Å². The van der Waals surface area contributed by atoms with Crippen LogP contribution in [0.1, 0.15) is 30.7 Å². The highest BCUT2D eigenvalue weighted by atomic mass is 35.5. The first-order valence-corrected chi connectivity index (χ1v) is 6.45. The van der Waals surface area contributed by atoms with E-state index in [1.54, 1.807) is 0 Å². The lowest BCUT2D eigenvalue weighted by Gasteiger charge is -2.12. The maximum absolute atomic E-state index is 5.83. The second-order valence-corrected chi connectivity index (χ2v) is 5.14. The summed E-state index contributed by atoms with van der Waals surface area (Å²) < 4.78 is 0. The Hall–Kier alpha value is -0.870. The highest BCUT2D eigenvalue weighted by Crippen LogP contribution is 2.42. The average molecular weight is 255 g/mol. The van der Waals surface area contributed by atoms with Gasteiger partial charge in [-0.3, -0.25) is 0 Å². The van der Waals surface area contributed by atoms with Crippen LogP contribution >= 0.6 is 11.6 Å². The van der Waals surface area contributed by atoms with Gasteiger partial charge in [0.2, 0.25) is 5.28 Å². The molecule has 94 valence electrons. The van der Waals surface area contributed by atoms with Crippen molar-refractivity contribution in [1.29, 1.82) is 0 Å². The van der Waals surface area contributed by atoms with Crippen molar-refractivity contribution in [2.75, 3.05) is 32.5 Å². The van der Waals surface area contributed by atoms with E-state index in [2.05, 4.69) is 34.3 Å². The van der Waals surface area contributed by atoms with E-state index in [1.165, 1.54) is 18.4 Å². The summed E-state index contributed by atoms with van der Waals surface area (Å²) >= 11 is 5.83. The van der Waals surface area contributed by atoms with Crippen LogP contribution in [-0.2, 0) is 0 Å². The average Bonchev–Trinajstić information content (AvgIpc) is 3.08. The Bertz CT molecular complexity index is 377. The van der Waals surface area contributed by atoms with Gasteiger partial charge in [0.1, 0.15) is 5.82 Å². The first kappa shape index (κ1) is 12.6. The zero-order valence-electron chi connectivity index (χ0n) is 10.4. The third kappa shape index (κ3) is 3.82. The molecule has 1 fully saturated rings. The first-order chi connectivity index (χ1) is 8.16. The molecule has 1 aromatic heterocycles. The number of aromatic nitrogens is 2. The number of hydrogen-bond donors (Lipinski definition) is 1. The number of nitrogens with zero attached hydrogens (tertiary/aromatic N) is 3. The van der Waals surface area contributed by atoms with Crippen molar-refractivity contribution in [1.82, 2.24) is 14.9 Å². The standard InChI is InChI=1S/C12H19ClN4/c1-17(2)7-3-6-14-11-10(9-4-5-9)8-15-12(13)16-11/h8-9H,3-7H2,1-2H3,(H,14,15,16). The first-order valence-electron chi connectivity index (χ1n) is 6.08. The van der Waals surface area contributed by atoms with Gasteiger partial charge in [0.15, 0.2) is 0 Å². The van der Waals surface area contributed by atoms with Crippen molar-refractivity contribution in [3.8, 4) is 0 Å². The van der Waals surface area contributed by atoms with Crippen LogP contribution in [0.5, 0.6) is 0 Å². The summed E-state index contributed by atoms with van der Waals surface area (Å²) in [7, 11) is 4.16. The zero-order valence-corrected chi connectivity index (χ0v) is 11.2. The predicted octanol–water partition coefficient (Wildman–Crippen LogP) is 2.37. The normalized spacial score (nSPS) is 15.3. The summed E-state index contributed by atoms with van der Waals surface area (Å²) in [5.41, 5.74) is 1.22. The molecule has 1 saturated carbocycles. The van der Waals surface area contributed by atoms with Crippen molar-refractivity contribution < 1.29 is 0 Å². The van der Waals surface area contributed by atoms with Crippen molar-refractivity contribution >= 4 is 17.4 Å². The van der Waals surface area contributed by atoms with Crippen LogP contribution in [0.15, 0.2) is 6.20 Å². The van der Waals surface area contributed by atoms with Gasteiger partial charge in [0.05, 0.1) is 0 Å². The Morgan fingerprint density at radius 3 is 2.88 bits per heavy atom. The lowest BCUT2D eigenvalue weighted by atomic mass is 10.2. The van der Waals surface area contributed by atoms with Crippen molar-refractivity contribution in [2.24, 2.45) is 0 Å². The second kappa shape index (κ2) is 5.65. The number of halogens is 1. The van der Waals surface area contributed by atoms with Gasteiger partial charge in [-0.25, -0.2) is 9.97 Å². The molecule has 0 radical (unpaired) electrons. The molecule has 1 aliphatic carbocycles. The van der Waals surface area contributed by atoms with Crippen LogP contribution in [0.25, 0.3) is 0 Å². The molecule has 5 heteroatoms. The van der Waals surface area contributed by atoms with Crippen molar-refractivity contribution in [3.63, 3.8) is 0 Å². The number of hydrogen-bond acceptors (Lipinski definition) is 4. The van der Waals surface area contributed by atoms with Crippen LogP contribution in [0, 0.1) is 0 Å². The summed E-state index contributed by atoms with van der Waals surface area (Å²) in [6.07, 6.45) is 5.45. The van der Waals surface area contributed by atoms with Gasteiger partial charge in [-0.2, -0.15) is 0 Å². The summed E-state index contributed by atoms with van der Waals surface area (Å²) in [6, 6.07) is 0. The smallest absolute Gasteiger partial charge is 0.224 e. The summed E-state index contributed by atoms with van der Waals surface area (Å²) in [4.78, 5) is 10.5. The van der Waals surface area contributed by atoms with Gasteiger partial charge < -0.3 is 10.2 Å². The van der Waals surface area contributed by atoms with Gasteiger partial charge in [-0.15, -0.1) is 0 Å². The number of nitrogens with one attached hydrogen (secondary N) is 1. The largest absolute Gasteiger partial charge is 0.370 e. The third-order valence-electron chi connectivity index (χ3n) is 2.88. The van der Waals surface area contributed by atoms with E-state index in [4.69, 9.17) is 11.6 Å². The van der Waals surface area contributed by atoms with E-state index in [1.807, 2.05) is 6.20 Å². The Labute approximate surface area is 107 Å². The molecule has 17 heavy (non-hydrogen) atoms. The van der Waals surface area contributed by atoms with E-state index < -0.39 is 0 Å². The monoisotopic (exact) mass is 254 g/mol. The van der Waals surface area contributed by atoms with E-state index >= 15 is 0 Å². The molecule has 0 atom stereocenters. The molecule has 0 spiro atoms. The Kier molecular flexibility index (Phi) is 4.18. The van der Waals surface area contributed by atoms with Gasteiger partial charge >= 0.3 is 0 Å². The lowest BCUT2D eigenvalue weighted by Crippen LogP contribution is -2.17. The van der Waals surface area contributed by atoms with Crippen LogP contribution < -0.4 is 5.32 Å². The number of rotatable bonds is 6. The fraction of sp³-hybridized carbons (Fsp3) is 0.667. The fourth-order valence-corrected chi connectivity index (χ4v) is 1.94. The van der Waals surface area contributed by atoms with Gasteiger partial charge in [-0.05, 0) is 57.4 Å². The van der Waals surface area contributed by atoms with Crippen LogP contribution in [0.3, 0.4) is 0 Å². The molecule has 0 saturated heterocycles. The van der Waals surface area contributed by atoms with Crippen molar-refractivity contribution in [3.05, 3.63) is 17.0 Å². The maximum atomic E-state index is 5.83. The minimum atomic E-state index is 0.324. The summed E-state index contributed by atoms with van der Waals surface area (Å²) in [5.74, 6) is 1.56. The van der Waals surface area contributed by atoms with E-state index in [-0.39, 0.29) is 0 Å². The van der Waals surface area contributed by atoms with Crippen molar-refractivity contribution in [2.45, 2.75) is 25.2 Å². The third-order valence-corrected chi connectivity index (χ3v) is 3.06. The quantitative estimate of drug-likeness (QED) is 0.625. The van der Waals surface area contributed by atoms with Crippen LogP contribution in [0.2, 0.25) is 5.28 Å². The molecular weight excluding hydrogens is 236 g/mol. The molecular formula is C12H19ClN4. The topological polar surface area (TPSA) is 41.0 Å². The molecule has 1 aliphatic rings.